The summed E-state index contributed by atoms with van der Waals surface area (Å²) in [5, 5.41) is 4.73. The molecule has 0 fully saturated rings. The first-order valence-corrected chi connectivity index (χ1v) is 7.95. The van der Waals surface area contributed by atoms with Gasteiger partial charge in [0.25, 0.3) is 11.8 Å². The summed E-state index contributed by atoms with van der Waals surface area (Å²) in [4.78, 5) is 26.7. The lowest BCUT2D eigenvalue weighted by atomic mass is 10.3. The number of H-pyrrole nitrogens is 1. The molecule has 2 amide bonds. The lowest BCUT2D eigenvalue weighted by Gasteiger charge is -2.04. The van der Waals surface area contributed by atoms with E-state index < -0.39 is 11.8 Å². The van der Waals surface area contributed by atoms with Crippen LogP contribution < -0.4 is 10.9 Å². The fourth-order valence-electron chi connectivity index (χ4n) is 1.93. The van der Waals surface area contributed by atoms with Crippen molar-refractivity contribution < 1.29 is 9.59 Å². The van der Waals surface area contributed by atoms with Crippen molar-refractivity contribution >= 4 is 39.3 Å². The molecule has 3 rings (SSSR count). The Morgan fingerprint density at radius 1 is 1.17 bits per heavy atom. The predicted molar refractivity (Wildman–Crippen MR) is 92.0 cm³/mol. The SMILES string of the molecule is O=C(NNC(=O)c1cc(Br)c[nH]1)c1cnn(-c2ccc(Cl)cc2)c1. The minimum absolute atomic E-state index is 0.304. The molecule has 0 saturated carbocycles. The standard InChI is InChI=1S/C15H11BrClN5O2/c16-10-5-13(18-7-10)15(24)21-20-14(23)9-6-19-22(8-9)12-3-1-11(17)2-4-12/h1-8,18H,(H,20,23)(H,21,24). The Hall–Kier alpha value is -2.58. The highest BCUT2D eigenvalue weighted by Crippen LogP contribution is 2.13. The number of aromatic amines is 1. The molecule has 0 bridgehead atoms. The van der Waals surface area contributed by atoms with Gasteiger partial charge in [0.05, 0.1) is 17.4 Å². The molecule has 3 aromatic rings. The van der Waals surface area contributed by atoms with Crippen LogP contribution in [0.3, 0.4) is 0 Å². The molecule has 9 heteroatoms. The first kappa shape index (κ1) is 16.3. The average molecular weight is 409 g/mol. The van der Waals surface area contributed by atoms with Gasteiger partial charge < -0.3 is 4.98 Å². The number of nitrogens with one attached hydrogen (secondary N) is 3. The van der Waals surface area contributed by atoms with E-state index in [2.05, 4.69) is 36.9 Å². The van der Waals surface area contributed by atoms with Crippen LogP contribution in [0.25, 0.3) is 5.69 Å². The first-order valence-electron chi connectivity index (χ1n) is 6.78. The molecule has 0 saturated heterocycles. The van der Waals surface area contributed by atoms with Gasteiger partial charge >= 0.3 is 0 Å². The van der Waals surface area contributed by atoms with Gasteiger partial charge in [-0.3, -0.25) is 20.4 Å². The van der Waals surface area contributed by atoms with E-state index in [4.69, 9.17) is 11.6 Å². The van der Waals surface area contributed by atoms with Crippen molar-refractivity contribution in [1.29, 1.82) is 0 Å². The van der Waals surface area contributed by atoms with Gasteiger partial charge in [0.2, 0.25) is 0 Å². The summed E-state index contributed by atoms with van der Waals surface area (Å²) in [7, 11) is 0. The van der Waals surface area contributed by atoms with Crippen LogP contribution in [0, 0.1) is 0 Å². The van der Waals surface area contributed by atoms with Crippen molar-refractivity contribution in [3.63, 3.8) is 0 Å². The van der Waals surface area contributed by atoms with E-state index in [0.717, 1.165) is 10.2 Å². The van der Waals surface area contributed by atoms with E-state index in [-0.39, 0.29) is 0 Å². The van der Waals surface area contributed by atoms with Gasteiger partial charge in [-0.2, -0.15) is 5.10 Å². The summed E-state index contributed by atoms with van der Waals surface area (Å²) in [6.07, 6.45) is 4.57. The van der Waals surface area contributed by atoms with Gasteiger partial charge in [0.15, 0.2) is 0 Å². The third-order valence-corrected chi connectivity index (χ3v) is 3.83. The highest BCUT2D eigenvalue weighted by Gasteiger charge is 2.12. The maximum Gasteiger partial charge on any atom is 0.286 e. The van der Waals surface area contributed by atoms with Gasteiger partial charge in [0, 0.05) is 21.9 Å². The molecule has 24 heavy (non-hydrogen) atoms. The van der Waals surface area contributed by atoms with E-state index in [1.54, 1.807) is 42.7 Å². The second-order valence-electron chi connectivity index (χ2n) is 4.79. The molecule has 0 unspecified atom stereocenters. The number of rotatable bonds is 3. The van der Waals surface area contributed by atoms with Crippen molar-refractivity contribution in [3.8, 4) is 5.69 Å². The molecule has 0 radical (unpaired) electrons. The molecule has 0 aliphatic rings. The molecular weight excluding hydrogens is 398 g/mol. The number of hydrogen-bond acceptors (Lipinski definition) is 3. The number of carbonyl (C=O) groups excluding carboxylic acids is 2. The van der Waals surface area contributed by atoms with Crippen LogP contribution in [0.4, 0.5) is 0 Å². The van der Waals surface area contributed by atoms with Crippen molar-refractivity contribution in [2.45, 2.75) is 0 Å². The molecular formula is C15H11BrClN5O2. The summed E-state index contributed by atoms with van der Waals surface area (Å²) in [5.41, 5.74) is 6.04. The third-order valence-electron chi connectivity index (χ3n) is 3.12. The largest absolute Gasteiger partial charge is 0.356 e. The van der Waals surface area contributed by atoms with Crippen LogP contribution in [0.1, 0.15) is 20.8 Å². The number of hydrogen-bond donors (Lipinski definition) is 3. The number of halogens is 2. The van der Waals surface area contributed by atoms with Crippen molar-refractivity contribution in [2.24, 2.45) is 0 Å². The molecule has 2 aromatic heterocycles. The summed E-state index contributed by atoms with van der Waals surface area (Å²) in [5.74, 6) is -0.937. The van der Waals surface area contributed by atoms with E-state index in [0.29, 0.717) is 16.3 Å². The smallest absolute Gasteiger partial charge is 0.286 e. The zero-order valence-corrected chi connectivity index (χ0v) is 14.4. The van der Waals surface area contributed by atoms with Gasteiger partial charge in [-0.1, -0.05) is 11.6 Å². The van der Waals surface area contributed by atoms with Crippen molar-refractivity contribution in [2.75, 3.05) is 0 Å². The van der Waals surface area contributed by atoms with E-state index in [9.17, 15) is 9.59 Å². The Kier molecular flexibility index (Phi) is 4.68. The molecule has 0 atom stereocenters. The topological polar surface area (TPSA) is 91.8 Å². The number of hydrazine groups is 1. The van der Waals surface area contributed by atoms with Crippen LogP contribution in [0.5, 0.6) is 0 Å². The van der Waals surface area contributed by atoms with Crippen LogP contribution in [0.2, 0.25) is 5.02 Å². The molecule has 7 nitrogen and oxygen atoms in total. The second-order valence-corrected chi connectivity index (χ2v) is 6.14. The maximum atomic E-state index is 12.1. The van der Waals surface area contributed by atoms with Crippen LogP contribution >= 0.6 is 27.5 Å². The lowest BCUT2D eigenvalue weighted by Crippen LogP contribution is -2.41. The Bertz CT molecular complexity index is 887. The quantitative estimate of drug-likeness (QED) is 0.582. The van der Waals surface area contributed by atoms with Crippen LogP contribution in [-0.4, -0.2) is 26.6 Å². The molecule has 3 N–H and O–H groups in total. The summed E-state index contributed by atoms with van der Waals surface area (Å²) >= 11 is 9.07. The maximum absolute atomic E-state index is 12.1. The number of benzene rings is 1. The van der Waals surface area contributed by atoms with Gasteiger partial charge in [-0.05, 0) is 46.3 Å². The Morgan fingerprint density at radius 3 is 2.54 bits per heavy atom. The van der Waals surface area contributed by atoms with E-state index >= 15 is 0 Å². The Labute approximate surface area is 150 Å². The summed E-state index contributed by atoms with van der Waals surface area (Å²) < 4.78 is 2.28. The minimum atomic E-state index is -0.478. The predicted octanol–water partition coefficient (Wildman–Crippen LogP) is 2.69. The zero-order chi connectivity index (χ0) is 17.1. The Balaban J connectivity index is 1.63. The first-order chi connectivity index (χ1) is 11.5. The van der Waals surface area contributed by atoms with Crippen molar-refractivity contribution in [3.05, 3.63) is 69.7 Å². The fourth-order valence-corrected chi connectivity index (χ4v) is 2.40. The van der Waals surface area contributed by atoms with Gasteiger partial charge in [0.1, 0.15) is 5.69 Å². The van der Waals surface area contributed by atoms with Gasteiger partial charge in [-0.15, -0.1) is 0 Å². The second kappa shape index (κ2) is 6.90. The molecule has 0 spiro atoms. The number of nitrogens with zero attached hydrogens (tertiary/aromatic N) is 2. The van der Waals surface area contributed by atoms with E-state index in [1.165, 1.54) is 10.9 Å². The summed E-state index contributed by atoms with van der Waals surface area (Å²) in [6.45, 7) is 0. The Morgan fingerprint density at radius 2 is 1.88 bits per heavy atom. The average Bonchev–Trinajstić information content (AvgIpc) is 3.22. The minimum Gasteiger partial charge on any atom is -0.356 e. The zero-order valence-electron chi connectivity index (χ0n) is 12.1. The molecule has 1 aromatic carbocycles. The van der Waals surface area contributed by atoms with Crippen molar-refractivity contribution in [1.82, 2.24) is 25.6 Å². The third kappa shape index (κ3) is 3.66. The van der Waals surface area contributed by atoms with E-state index in [1.807, 2.05) is 0 Å². The molecule has 122 valence electrons. The molecule has 2 heterocycles. The van der Waals surface area contributed by atoms with Crippen LogP contribution in [0.15, 0.2) is 53.4 Å². The number of amides is 2. The highest BCUT2D eigenvalue weighted by atomic mass is 79.9. The van der Waals surface area contributed by atoms with Gasteiger partial charge in [-0.25, -0.2) is 4.68 Å². The number of carbonyl (C=O) groups is 2. The fraction of sp³-hybridized carbons (Fsp3) is 0. The monoisotopic (exact) mass is 407 g/mol. The highest BCUT2D eigenvalue weighted by molar-refractivity contribution is 9.10. The number of aromatic nitrogens is 3. The lowest BCUT2D eigenvalue weighted by molar-refractivity contribution is 0.0844. The summed E-state index contributed by atoms with van der Waals surface area (Å²) in [6, 6.07) is 8.61. The van der Waals surface area contributed by atoms with Crippen LogP contribution in [-0.2, 0) is 0 Å². The normalized spacial score (nSPS) is 10.4. The molecule has 0 aliphatic carbocycles. The molecule has 0 aliphatic heterocycles.